The molecule has 0 aliphatic heterocycles. The molecule has 0 spiro atoms. The fraction of sp³-hybridized carbons (Fsp3) is 0.200. The van der Waals surface area contributed by atoms with Gasteiger partial charge in [-0.3, -0.25) is 9.59 Å². The zero-order valence-corrected chi connectivity index (χ0v) is 12.7. The van der Waals surface area contributed by atoms with Gasteiger partial charge in [-0.15, -0.1) is 0 Å². The summed E-state index contributed by atoms with van der Waals surface area (Å²) in [5, 5.41) is 0. The molecule has 0 saturated heterocycles. The van der Waals surface area contributed by atoms with Crippen LogP contribution in [0.3, 0.4) is 0 Å². The Morgan fingerprint density at radius 2 is 1.74 bits per heavy atom. The Morgan fingerprint density at radius 3 is 2.39 bits per heavy atom. The van der Waals surface area contributed by atoms with Crippen LogP contribution >= 0.6 is 0 Å². The van der Waals surface area contributed by atoms with Crippen molar-refractivity contribution in [1.82, 2.24) is 0 Å². The first kappa shape index (κ1) is 15.2. The zero-order valence-electron chi connectivity index (χ0n) is 12.7. The maximum atomic E-state index is 12.6. The lowest BCUT2D eigenvalue weighted by Gasteiger charge is -2.13. The van der Waals surface area contributed by atoms with Crippen LogP contribution in [0.25, 0.3) is 0 Å². The van der Waals surface area contributed by atoms with Gasteiger partial charge < -0.3 is 4.74 Å². The molecule has 116 valence electrons. The maximum absolute atomic E-state index is 12.6. The second-order valence-corrected chi connectivity index (χ2v) is 5.76. The minimum absolute atomic E-state index is 0.0724. The molecule has 1 fully saturated rings. The van der Waals surface area contributed by atoms with Crippen molar-refractivity contribution < 1.29 is 14.3 Å². The van der Waals surface area contributed by atoms with Gasteiger partial charge in [0.1, 0.15) is 12.9 Å². The predicted octanol–water partition coefficient (Wildman–Crippen LogP) is 3.66. The van der Waals surface area contributed by atoms with E-state index >= 15 is 0 Å². The molecule has 2 atom stereocenters. The molecule has 3 heteroatoms. The minimum Gasteiger partial charge on any atom is -0.460 e. The van der Waals surface area contributed by atoms with Gasteiger partial charge in [0.15, 0.2) is 0 Å². The fourth-order valence-electron chi connectivity index (χ4n) is 2.93. The molecule has 2 aromatic rings. The van der Waals surface area contributed by atoms with E-state index in [0.717, 1.165) is 11.1 Å². The van der Waals surface area contributed by atoms with Crippen LogP contribution in [0.15, 0.2) is 72.8 Å². The molecule has 0 unspecified atom stereocenters. The summed E-state index contributed by atoms with van der Waals surface area (Å²) < 4.78 is 5.50. The second kappa shape index (κ2) is 6.61. The van der Waals surface area contributed by atoms with E-state index in [1.54, 1.807) is 6.08 Å². The highest BCUT2D eigenvalue weighted by atomic mass is 16.5. The molecule has 2 aromatic carbocycles. The Kier molecular flexibility index (Phi) is 4.38. The molecular formula is C20H18O3. The van der Waals surface area contributed by atoms with Crippen molar-refractivity contribution in [2.24, 2.45) is 5.41 Å². The van der Waals surface area contributed by atoms with Crippen LogP contribution in [0, 0.1) is 5.41 Å². The Labute approximate surface area is 135 Å². The van der Waals surface area contributed by atoms with E-state index in [2.05, 4.69) is 0 Å². The van der Waals surface area contributed by atoms with E-state index in [9.17, 15) is 9.59 Å². The van der Waals surface area contributed by atoms with Crippen molar-refractivity contribution in [3.05, 3.63) is 83.9 Å². The number of hydrogen-bond acceptors (Lipinski definition) is 3. The smallest absolute Gasteiger partial charge is 0.316 e. The van der Waals surface area contributed by atoms with Gasteiger partial charge in [-0.1, -0.05) is 66.7 Å². The van der Waals surface area contributed by atoms with Crippen molar-refractivity contribution in [2.75, 3.05) is 0 Å². The number of rotatable bonds is 6. The SMILES string of the molecule is O=C/C=C/[C@]1(C(=O)OCc2ccccc2)C[C@@H]1c1ccccc1. The van der Waals surface area contributed by atoms with E-state index < -0.39 is 5.41 Å². The lowest BCUT2D eigenvalue weighted by atomic mass is 9.98. The Morgan fingerprint density at radius 1 is 1.09 bits per heavy atom. The summed E-state index contributed by atoms with van der Waals surface area (Å²) in [6, 6.07) is 19.5. The molecular weight excluding hydrogens is 288 g/mol. The quantitative estimate of drug-likeness (QED) is 0.465. The van der Waals surface area contributed by atoms with Gasteiger partial charge in [0.25, 0.3) is 0 Å². The summed E-state index contributed by atoms with van der Waals surface area (Å²) in [6.45, 7) is 0.248. The summed E-state index contributed by atoms with van der Waals surface area (Å²) in [6.07, 6.45) is 4.46. The molecule has 1 aliphatic carbocycles. The van der Waals surface area contributed by atoms with Crippen LogP contribution in [0.4, 0.5) is 0 Å². The van der Waals surface area contributed by atoms with Crippen molar-refractivity contribution in [3.63, 3.8) is 0 Å². The molecule has 0 aromatic heterocycles. The molecule has 1 aliphatic rings. The highest BCUT2D eigenvalue weighted by molar-refractivity contribution is 5.86. The fourth-order valence-corrected chi connectivity index (χ4v) is 2.93. The maximum Gasteiger partial charge on any atom is 0.316 e. The molecule has 0 N–H and O–H groups in total. The third kappa shape index (κ3) is 3.24. The normalized spacial score (nSPS) is 22.7. The predicted molar refractivity (Wildman–Crippen MR) is 87.7 cm³/mol. The molecule has 23 heavy (non-hydrogen) atoms. The highest BCUT2D eigenvalue weighted by Crippen LogP contribution is 2.61. The highest BCUT2D eigenvalue weighted by Gasteiger charge is 2.59. The van der Waals surface area contributed by atoms with E-state index in [1.165, 1.54) is 6.08 Å². The van der Waals surface area contributed by atoms with Gasteiger partial charge in [0.2, 0.25) is 0 Å². The standard InChI is InChI=1S/C20H18O3/c21-13-7-12-20(14-18(20)17-10-5-2-6-11-17)19(22)23-15-16-8-3-1-4-9-16/h1-13,18H,14-15H2/b12-7+/t18-,20+/m1/s1. The van der Waals surface area contributed by atoms with Crippen molar-refractivity contribution in [2.45, 2.75) is 18.9 Å². The number of esters is 1. The number of hydrogen-bond donors (Lipinski definition) is 0. The van der Waals surface area contributed by atoms with Crippen molar-refractivity contribution in [3.8, 4) is 0 Å². The Balaban J connectivity index is 1.74. The van der Waals surface area contributed by atoms with E-state index in [4.69, 9.17) is 4.74 Å². The molecule has 0 bridgehead atoms. The number of carbonyl (C=O) groups is 2. The van der Waals surface area contributed by atoms with Crippen molar-refractivity contribution in [1.29, 1.82) is 0 Å². The Bertz CT molecular complexity index is 706. The summed E-state index contributed by atoms with van der Waals surface area (Å²) >= 11 is 0. The van der Waals surface area contributed by atoms with Gasteiger partial charge in [-0.05, 0) is 23.6 Å². The molecule has 1 saturated carbocycles. The number of aldehydes is 1. The number of carbonyl (C=O) groups excluding carboxylic acids is 2. The van der Waals surface area contributed by atoms with Gasteiger partial charge in [0.05, 0.1) is 5.41 Å². The zero-order chi connectivity index (χ0) is 16.1. The van der Waals surface area contributed by atoms with Gasteiger partial charge >= 0.3 is 5.97 Å². The van der Waals surface area contributed by atoms with Crippen molar-refractivity contribution >= 4 is 12.3 Å². The summed E-state index contributed by atoms with van der Waals surface area (Å²) in [7, 11) is 0. The number of ether oxygens (including phenoxy) is 1. The molecule has 0 radical (unpaired) electrons. The van der Waals surface area contributed by atoms with Crippen LogP contribution in [0.5, 0.6) is 0 Å². The summed E-state index contributed by atoms with van der Waals surface area (Å²) in [5.74, 6) is -0.198. The third-order valence-corrected chi connectivity index (χ3v) is 4.27. The van der Waals surface area contributed by atoms with E-state index in [0.29, 0.717) is 12.7 Å². The lowest BCUT2D eigenvalue weighted by Crippen LogP contribution is -2.19. The first-order valence-corrected chi connectivity index (χ1v) is 7.65. The third-order valence-electron chi connectivity index (χ3n) is 4.27. The van der Waals surface area contributed by atoms with Crippen LogP contribution < -0.4 is 0 Å². The van der Waals surface area contributed by atoms with Crippen LogP contribution in [-0.4, -0.2) is 12.3 Å². The molecule has 3 nitrogen and oxygen atoms in total. The van der Waals surface area contributed by atoms with Gasteiger partial charge in [0, 0.05) is 5.92 Å². The summed E-state index contributed by atoms with van der Waals surface area (Å²) in [5.41, 5.74) is 1.34. The molecule has 3 rings (SSSR count). The van der Waals surface area contributed by atoms with E-state index in [1.807, 2.05) is 60.7 Å². The monoisotopic (exact) mass is 306 g/mol. The summed E-state index contributed by atoms with van der Waals surface area (Å²) in [4.78, 5) is 23.3. The van der Waals surface area contributed by atoms with Crippen LogP contribution in [0.1, 0.15) is 23.5 Å². The lowest BCUT2D eigenvalue weighted by molar-refractivity contribution is -0.149. The van der Waals surface area contributed by atoms with Crippen LogP contribution in [0.2, 0.25) is 0 Å². The molecule has 0 amide bonds. The Hall–Kier alpha value is -2.68. The van der Waals surface area contributed by atoms with E-state index in [-0.39, 0.29) is 18.5 Å². The first-order chi connectivity index (χ1) is 11.3. The number of benzene rings is 2. The average Bonchev–Trinajstić information content (AvgIpc) is 3.35. The molecule has 0 heterocycles. The van der Waals surface area contributed by atoms with Gasteiger partial charge in [-0.2, -0.15) is 0 Å². The number of allylic oxidation sites excluding steroid dienone is 1. The largest absolute Gasteiger partial charge is 0.460 e. The van der Waals surface area contributed by atoms with Gasteiger partial charge in [-0.25, -0.2) is 0 Å². The second-order valence-electron chi connectivity index (χ2n) is 5.76. The van der Waals surface area contributed by atoms with Crippen LogP contribution in [-0.2, 0) is 20.9 Å². The first-order valence-electron chi connectivity index (χ1n) is 7.65. The average molecular weight is 306 g/mol. The topological polar surface area (TPSA) is 43.4 Å². The minimum atomic E-state index is -0.711.